The fourth-order valence-corrected chi connectivity index (χ4v) is 3.33. The minimum atomic E-state index is -0.770. The second-order valence-electron chi connectivity index (χ2n) is 7.07. The molecule has 0 bridgehead atoms. The number of amides is 1. The van der Waals surface area contributed by atoms with Gasteiger partial charge in [0.15, 0.2) is 0 Å². The lowest BCUT2D eigenvalue weighted by molar-refractivity contribution is -0.0202. The molecular weight excluding hydrogens is 349 g/mol. The molecule has 3 rings (SSSR count). The van der Waals surface area contributed by atoms with E-state index in [1.165, 1.54) is 30.5 Å². The number of carbonyl (C=O) groups excluding carboxylic acids is 1. The van der Waals surface area contributed by atoms with Gasteiger partial charge in [-0.05, 0) is 36.6 Å². The number of aliphatic hydroxyl groups is 1. The Labute approximate surface area is 157 Å². The summed E-state index contributed by atoms with van der Waals surface area (Å²) < 4.78 is 13.0. The summed E-state index contributed by atoms with van der Waals surface area (Å²) in [5.41, 5.74) is 0.337. The Kier molecular flexibility index (Phi) is 6.03. The third-order valence-corrected chi connectivity index (χ3v) is 4.99. The Morgan fingerprint density at radius 2 is 1.89 bits per heavy atom. The molecule has 1 aromatic carbocycles. The number of piperidine rings is 1. The van der Waals surface area contributed by atoms with Crippen LogP contribution in [0.3, 0.4) is 0 Å². The predicted octanol–water partition coefficient (Wildman–Crippen LogP) is 1.31. The monoisotopic (exact) mass is 373 g/mol. The Morgan fingerprint density at radius 3 is 2.52 bits per heavy atom. The molecule has 0 spiro atoms. The van der Waals surface area contributed by atoms with Gasteiger partial charge in [0.1, 0.15) is 5.82 Å². The van der Waals surface area contributed by atoms with Crippen molar-refractivity contribution >= 4 is 5.91 Å². The standard InChI is InChI=1S/C20H24FN3O3/c21-17-4-1-15(2-5-17)13-20(27)7-10-24(11-8-20)12-9-22-19(26)16-3-6-18(25)23-14-16/h1-6,14,27H,7-13H2,(H,22,26)(H,23,25). The van der Waals surface area contributed by atoms with Crippen LogP contribution < -0.4 is 10.9 Å². The SMILES string of the molecule is O=C(NCCN1CCC(O)(Cc2ccc(F)cc2)CC1)c1ccc(=O)[nH]c1. The van der Waals surface area contributed by atoms with Gasteiger partial charge in [-0.1, -0.05) is 12.1 Å². The molecule has 1 saturated heterocycles. The van der Waals surface area contributed by atoms with Gasteiger partial charge in [0.25, 0.3) is 5.91 Å². The fraction of sp³-hybridized carbons (Fsp3) is 0.400. The predicted molar refractivity (Wildman–Crippen MR) is 100 cm³/mol. The first-order valence-electron chi connectivity index (χ1n) is 9.10. The molecule has 0 aliphatic carbocycles. The Bertz CT molecular complexity index is 807. The van der Waals surface area contributed by atoms with Crippen LogP contribution in [0.2, 0.25) is 0 Å². The maximum atomic E-state index is 13.0. The number of pyridine rings is 1. The summed E-state index contributed by atoms with van der Waals surface area (Å²) in [7, 11) is 0. The summed E-state index contributed by atoms with van der Waals surface area (Å²) >= 11 is 0. The highest BCUT2D eigenvalue weighted by Crippen LogP contribution is 2.26. The molecule has 1 amide bonds. The highest BCUT2D eigenvalue weighted by Gasteiger charge is 2.32. The molecule has 144 valence electrons. The van der Waals surface area contributed by atoms with Crippen LogP contribution in [0.1, 0.15) is 28.8 Å². The largest absolute Gasteiger partial charge is 0.389 e. The zero-order valence-corrected chi connectivity index (χ0v) is 15.1. The van der Waals surface area contributed by atoms with Crippen LogP contribution in [0.5, 0.6) is 0 Å². The van der Waals surface area contributed by atoms with E-state index in [0.717, 1.165) is 18.7 Å². The van der Waals surface area contributed by atoms with Crippen molar-refractivity contribution in [2.45, 2.75) is 24.9 Å². The molecular formula is C20H24FN3O3. The number of aromatic nitrogens is 1. The van der Waals surface area contributed by atoms with E-state index in [2.05, 4.69) is 15.2 Å². The second kappa shape index (κ2) is 8.45. The minimum Gasteiger partial charge on any atom is -0.389 e. The number of rotatable bonds is 6. The maximum Gasteiger partial charge on any atom is 0.252 e. The molecule has 0 saturated carbocycles. The van der Waals surface area contributed by atoms with E-state index in [-0.39, 0.29) is 17.3 Å². The highest BCUT2D eigenvalue weighted by molar-refractivity contribution is 5.93. The lowest BCUT2D eigenvalue weighted by Crippen LogP contribution is -2.47. The van der Waals surface area contributed by atoms with Gasteiger partial charge in [-0.25, -0.2) is 4.39 Å². The van der Waals surface area contributed by atoms with Crippen LogP contribution >= 0.6 is 0 Å². The quantitative estimate of drug-likeness (QED) is 0.713. The van der Waals surface area contributed by atoms with Crippen molar-refractivity contribution in [3.63, 3.8) is 0 Å². The number of hydrogen-bond acceptors (Lipinski definition) is 4. The van der Waals surface area contributed by atoms with Crippen molar-refractivity contribution in [1.29, 1.82) is 0 Å². The van der Waals surface area contributed by atoms with E-state index < -0.39 is 5.60 Å². The number of aromatic amines is 1. The van der Waals surface area contributed by atoms with Crippen molar-refractivity contribution in [3.8, 4) is 0 Å². The van der Waals surface area contributed by atoms with E-state index in [4.69, 9.17) is 0 Å². The number of halogens is 1. The van der Waals surface area contributed by atoms with Crippen LogP contribution in [0, 0.1) is 5.82 Å². The molecule has 7 heteroatoms. The van der Waals surface area contributed by atoms with E-state index >= 15 is 0 Å². The zero-order chi connectivity index (χ0) is 19.3. The Hall–Kier alpha value is -2.51. The number of likely N-dealkylation sites (tertiary alicyclic amines) is 1. The van der Waals surface area contributed by atoms with Gasteiger partial charge in [0.2, 0.25) is 5.56 Å². The molecule has 27 heavy (non-hydrogen) atoms. The van der Waals surface area contributed by atoms with Crippen molar-refractivity contribution in [3.05, 3.63) is 69.9 Å². The van der Waals surface area contributed by atoms with E-state index in [9.17, 15) is 19.1 Å². The lowest BCUT2D eigenvalue weighted by Gasteiger charge is -2.38. The van der Waals surface area contributed by atoms with Crippen LogP contribution in [-0.4, -0.2) is 52.7 Å². The number of nitrogens with one attached hydrogen (secondary N) is 2. The normalized spacial score (nSPS) is 16.8. The molecule has 0 radical (unpaired) electrons. The van der Waals surface area contributed by atoms with E-state index in [1.54, 1.807) is 12.1 Å². The minimum absolute atomic E-state index is 0.226. The molecule has 2 aromatic rings. The number of nitrogens with zero attached hydrogens (tertiary/aromatic N) is 1. The van der Waals surface area contributed by atoms with Gasteiger partial charge in [-0.3, -0.25) is 9.59 Å². The molecule has 2 heterocycles. The van der Waals surface area contributed by atoms with Crippen molar-refractivity contribution in [2.24, 2.45) is 0 Å². The first-order valence-corrected chi connectivity index (χ1v) is 9.10. The van der Waals surface area contributed by atoms with Crippen LogP contribution in [0.15, 0.2) is 47.4 Å². The fourth-order valence-electron chi connectivity index (χ4n) is 3.33. The first-order chi connectivity index (χ1) is 12.9. The van der Waals surface area contributed by atoms with Crippen LogP contribution in [0.25, 0.3) is 0 Å². The second-order valence-corrected chi connectivity index (χ2v) is 7.07. The third-order valence-electron chi connectivity index (χ3n) is 4.99. The number of carbonyl (C=O) groups is 1. The molecule has 6 nitrogen and oxygen atoms in total. The smallest absolute Gasteiger partial charge is 0.252 e. The highest BCUT2D eigenvalue weighted by atomic mass is 19.1. The van der Waals surface area contributed by atoms with Crippen LogP contribution in [0.4, 0.5) is 4.39 Å². The van der Waals surface area contributed by atoms with Crippen LogP contribution in [-0.2, 0) is 6.42 Å². The first kappa shape index (κ1) is 19.3. The average Bonchev–Trinajstić information content (AvgIpc) is 2.66. The maximum absolute atomic E-state index is 13.0. The zero-order valence-electron chi connectivity index (χ0n) is 15.1. The average molecular weight is 373 g/mol. The third kappa shape index (κ3) is 5.48. The molecule has 3 N–H and O–H groups in total. The molecule has 1 aromatic heterocycles. The summed E-state index contributed by atoms with van der Waals surface area (Å²) in [6.45, 7) is 2.68. The van der Waals surface area contributed by atoms with E-state index in [0.29, 0.717) is 37.9 Å². The van der Waals surface area contributed by atoms with Crippen molar-refractivity contribution < 1.29 is 14.3 Å². The van der Waals surface area contributed by atoms with Crippen molar-refractivity contribution in [1.82, 2.24) is 15.2 Å². The van der Waals surface area contributed by atoms with Gasteiger partial charge in [-0.15, -0.1) is 0 Å². The summed E-state index contributed by atoms with van der Waals surface area (Å²) in [4.78, 5) is 27.7. The topological polar surface area (TPSA) is 85.4 Å². The van der Waals surface area contributed by atoms with E-state index in [1.807, 2.05) is 0 Å². The van der Waals surface area contributed by atoms with Gasteiger partial charge in [-0.2, -0.15) is 0 Å². The van der Waals surface area contributed by atoms with Crippen molar-refractivity contribution in [2.75, 3.05) is 26.2 Å². The molecule has 1 aliphatic rings. The van der Waals surface area contributed by atoms with Gasteiger partial charge >= 0.3 is 0 Å². The van der Waals surface area contributed by atoms with Gasteiger partial charge in [0.05, 0.1) is 11.2 Å². The molecule has 0 atom stereocenters. The number of hydrogen-bond donors (Lipinski definition) is 3. The summed E-state index contributed by atoms with van der Waals surface area (Å²) in [6, 6.07) is 9.07. The summed E-state index contributed by atoms with van der Waals surface area (Å²) in [5, 5.41) is 13.6. The molecule has 1 fully saturated rings. The number of H-pyrrole nitrogens is 1. The molecule has 0 unspecified atom stereocenters. The molecule has 1 aliphatic heterocycles. The lowest BCUT2D eigenvalue weighted by atomic mass is 9.85. The van der Waals surface area contributed by atoms with Gasteiger partial charge < -0.3 is 20.3 Å². The number of benzene rings is 1. The van der Waals surface area contributed by atoms with Gasteiger partial charge in [0, 0.05) is 44.9 Å². The Morgan fingerprint density at radius 1 is 1.19 bits per heavy atom. The summed E-state index contributed by atoms with van der Waals surface area (Å²) in [5.74, 6) is -0.499. The summed E-state index contributed by atoms with van der Waals surface area (Å²) in [6.07, 6.45) is 3.19. The Balaban J connectivity index is 1.41.